The van der Waals surface area contributed by atoms with Gasteiger partial charge in [-0.25, -0.2) is 4.98 Å². The Labute approximate surface area is 200 Å². The summed E-state index contributed by atoms with van der Waals surface area (Å²) < 4.78 is 7.62. The molecule has 2 fully saturated rings. The molecule has 0 unspecified atom stereocenters. The molecule has 7 nitrogen and oxygen atoms in total. The van der Waals surface area contributed by atoms with Crippen molar-refractivity contribution < 1.29 is 14.3 Å². The molecule has 0 radical (unpaired) electrons. The maximum absolute atomic E-state index is 14.0. The molecule has 1 aliphatic carbocycles. The number of piperidine rings is 1. The predicted octanol–water partition coefficient (Wildman–Crippen LogP) is 5.04. The molecule has 2 heterocycles. The van der Waals surface area contributed by atoms with Crippen LogP contribution in [0.15, 0.2) is 48.8 Å². The van der Waals surface area contributed by atoms with Crippen LogP contribution in [0.3, 0.4) is 0 Å². The fraction of sp³-hybridized carbons (Fsp3) is 0.444. The van der Waals surface area contributed by atoms with E-state index in [0.717, 1.165) is 43.1 Å². The maximum atomic E-state index is 14.0. The number of hydrogen-bond donors (Lipinski definition) is 1. The van der Waals surface area contributed by atoms with Gasteiger partial charge in [-0.05, 0) is 56.4 Å². The van der Waals surface area contributed by atoms with Gasteiger partial charge in [0.2, 0.25) is 0 Å². The molecule has 0 bridgehead atoms. The van der Waals surface area contributed by atoms with Crippen molar-refractivity contribution in [3.8, 4) is 0 Å². The lowest BCUT2D eigenvalue weighted by molar-refractivity contribution is 0.0429. The normalized spacial score (nSPS) is 19.0. The van der Waals surface area contributed by atoms with Crippen molar-refractivity contribution in [2.24, 2.45) is 0 Å². The summed E-state index contributed by atoms with van der Waals surface area (Å²) in [5.74, 6) is -0.217. The summed E-state index contributed by atoms with van der Waals surface area (Å²) in [6.45, 7) is 1.24. The van der Waals surface area contributed by atoms with Crippen LogP contribution in [0.2, 0.25) is 0 Å². The number of imidazole rings is 1. The quantitative estimate of drug-likeness (QED) is 0.559. The summed E-state index contributed by atoms with van der Waals surface area (Å²) in [7, 11) is 1.68. The molecule has 1 saturated carbocycles. The number of carbonyl (C=O) groups excluding carboxylic acids is 2. The van der Waals surface area contributed by atoms with Gasteiger partial charge in [0.1, 0.15) is 0 Å². The minimum absolute atomic E-state index is 0.0118. The molecule has 7 heteroatoms. The lowest BCUT2D eigenvalue weighted by Gasteiger charge is -2.35. The number of fused-ring (bicyclic) bond motifs is 1. The first kappa shape index (κ1) is 22.6. The van der Waals surface area contributed by atoms with Crippen molar-refractivity contribution >= 4 is 28.5 Å². The molecule has 2 aromatic carbocycles. The van der Waals surface area contributed by atoms with E-state index in [1.54, 1.807) is 19.2 Å². The first-order valence-corrected chi connectivity index (χ1v) is 12.3. The first-order valence-electron chi connectivity index (χ1n) is 12.3. The average Bonchev–Trinajstić information content (AvgIpc) is 3.54. The van der Waals surface area contributed by atoms with Gasteiger partial charge in [-0.15, -0.1) is 0 Å². The maximum Gasteiger partial charge on any atom is 0.256 e. The molecule has 1 atom stereocenters. The van der Waals surface area contributed by atoms with E-state index in [-0.39, 0.29) is 17.9 Å². The highest BCUT2D eigenvalue weighted by atomic mass is 16.5. The fourth-order valence-electron chi connectivity index (χ4n) is 5.45. The van der Waals surface area contributed by atoms with Crippen LogP contribution < -0.4 is 5.32 Å². The van der Waals surface area contributed by atoms with E-state index in [0.29, 0.717) is 36.0 Å². The lowest BCUT2D eigenvalue weighted by atomic mass is 10.0. The van der Waals surface area contributed by atoms with Crippen LogP contribution in [-0.4, -0.2) is 52.6 Å². The minimum atomic E-state index is -0.205. The number of hydrogen-bond acceptors (Lipinski definition) is 4. The Morgan fingerprint density at radius 2 is 1.82 bits per heavy atom. The van der Waals surface area contributed by atoms with E-state index in [4.69, 9.17) is 4.74 Å². The highest BCUT2D eigenvalue weighted by molar-refractivity contribution is 6.09. The highest BCUT2D eigenvalue weighted by Gasteiger charge is 2.31. The van der Waals surface area contributed by atoms with E-state index in [9.17, 15) is 9.59 Å². The molecule has 3 aromatic rings. The third-order valence-electron chi connectivity index (χ3n) is 7.16. The molecule has 1 N–H and O–H groups in total. The molecular formula is C27H32N4O3. The summed E-state index contributed by atoms with van der Waals surface area (Å²) in [5.41, 5.74) is 3.37. The third kappa shape index (κ3) is 4.44. The Balaban J connectivity index is 1.55. The van der Waals surface area contributed by atoms with Gasteiger partial charge in [0, 0.05) is 30.9 Å². The van der Waals surface area contributed by atoms with E-state index in [1.165, 1.54) is 12.8 Å². The average molecular weight is 461 g/mol. The Kier molecular flexibility index (Phi) is 6.63. The van der Waals surface area contributed by atoms with Crippen molar-refractivity contribution in [3.63, 3.8) is 0 Å². The summed E-state index contributed by atoms with van der Waals surface area (Å²) in [6, 6.07) is 13.2. The van der Waals surface area contributed by atoms with E-state index < -0.39 is 0 Å². The number of aromatic nitrogens is 2. The summed E-state index contributed by atoms with van der Waals surface area (Å²) in [5, 5.41) is 2.98. The van der Waals surface area contributed by atoms with Crippen LogP contribution in [0.25, 0.3) is 11.0 Å². The minimum Gasteiger partial charge on any atom is -0.383 e. The SMILES string of the molecule is COC[C@H]1CCCCN1C(=O)c1cc(NC(=O)c2ccccc2)cc2ncn(C3CCCC3)c12. The molecule has 34 heavy (non-hydrogen) atoms. The second-order valence-corrected chi connectivity index (χ2v) is 9.41. The summed E-state index contributed by atoms with van der Waals surface area (Å²) in [6.07, 6.45) is 9.48. The van der Waals surface area contributed by atoms with Gasteiger partial charge in [0.05, 0.1) is 35.6 Å². The number of methoxy groups -OCH3 is 1. The number of nitrogens with one attached hydrogen (secondary N) is 1. The zero-order chi connectivity index (χ0) is 23.5. The van der Waals surface area contributed by atoms with Crippen LogP contribution in [-0.2, 0) is 4.74 Å². The van der Waals surface area contributed by atoms with Crippen LogP contribution in [0, 0.1) is 0 Å². The van der Waals surface area contributed by atoms with Crippen LogP contribution in [0.1, 0.15) is 71.7 Å². The molecule has 2 aliphatic rings. The van der Waals surface area contributed by atoms with Gasteiger partial charge in [-0.3, -0.25) is 9.59 Å². The Bertz CT molecular complexity index is 1170. The second kappa shape index (κ2) is 9.97. The van der Waals surface area contributed by atoms with Crippen LogP contribution >= 0.6 is 0 Å². The topological polar surface area (TPSA) is 76.5 Å². The Morgan fingerprint density at radius 3 is 2.59 bits per heavy atom. The number of likely N-dealkylation sites (tertiary alicyclic amines) is 1. The zero-order valence-electron chi connectivity index (χ0n) is 19.7. The molecule has 1 aliphatic heterocycles. The van der Waals surface area contributed by atoms with Gasteiger partial charge in [-0.2, -0.15) is 0 Å². The highest BCUT2D eigenvalue weighted by Crippen LogP contribution is 2.35. The monoisotopic (exact) mass is 460 g/mol. The predicted molar refractivity (Wildman–Crippen MR) is 132 cm³/mol. The second-order valence-electron chi connectivity index (χ2n) is 9.41. The summed E-state index contributed by atoms with van der Waals surface area (Å²) >= 11 is 0. The van der Waals surface area contributed by atoms with Crippen molar-refractivity contribution in [1.29, 1.82) is 0 Å². The van der Waals surface area contributed by atoms with E-state index in [1.807, 2.05) is 41.6 Å². The van der Waals surface area contributed by atoms with Crippen molar-refractivity contribution in [3.05, 3.63) is 59.9 Å². The van der Waals surface area contributed by atoms with Crippen LogP contribution in [0.5, 0.6) is 0 Å². The molecule has 1 aromatic heterocycles. The van der Waals surface area contributed by atoms with E-state index in [2.05, 4.69) is 14.9 Å². The zero-order valence-corrected chi connectivity index (χ0v) is 19.7. The van der Waals surface area contributed by atoms with Crippen molar-refractivity contribution in [2.45, 2.75) is 57.0 Å². The number of nitrogens with zero attached hydrogens (tertiary/aromatic N) is 3. The number of benzene rings is 2. The standard InChI is InChI=1S/C27H32N4O3/c1-34-17-22-13-7-8-14-30(22)27(33)23-15-20(29-26(32)19-9-3-2-4-10-19)16-24-25(23)31(18-28-24)21-11-5-6-12-21/h2-4,9-10,15-16,18,21-22H,5-8,11-14,17H2,1H3,(H,29,32)/t22-/m1/s1. The molecule has 178 valence electrons. The summed E-state index contributed by atoms with van der Waals surface area (Å²) in [4.78, 5) is 33.4. The molecule has 5 rings (SSSR count). The van der Waals surface area contributed by atoms with Gasteiger partial charge >= 0.3 is 0 Å². The van der Waals surface area contributed by atoms with Crippen LogP contribution in [0.4, 0.5) is 5.69 Å². The number of anilines is 1. The Morgan fingerprint density at radius 1 is 1.06 bits per heavy atom. The first-order chi connectivity index (χ1) is 16.7. The Hall–Kier alpha value is -3.19. The van der Waals surface area contributed by atoms with Gasteiger partial charge in [0.15, 0.2) is 0 Å². The smallest absolute Gasteiger partial charge is 0.256 e. The van der Waals surface area contributed by atoms with Crippen molar-refractivity contribution in [2.75, 3.05) is 25.6 Å². The largest absolute Gasteiger partial charge is 0.383 e. The lowest BCUT2D eigenvalue weighted by Crippen LogP contribution is -2.46. The van der Waals surface area contributed by atoms with E-state index >= 15 is 0 Å². The molecule has 1 saturated heterocycles. The number of amides is 2. The third-order valence-corrected chi connectivity index (χ3v) is 7.16. The number of rotatable bonds is 6. The van der Waals surface area contributed by atoms with Gasteiger partial charge < -0.3 is 19.5 Å². The number of ether oxygens (including phenoxy) is 1. The van der Waals surface area contributed by atoms with Gasteiger partial charge in [0.25, 0.3) is 11.8 Å². The van der Waals surface area contributed by atoms with Gasteiger partial charge in [-0.1, -0.05) is 31.0 Å². The molecule has 0 spiro atoms. The molecule has 2 amide bonds. The fourth-order valence-corrected chi connectivity index (χ4v) is 5.45. The number of carbonyl (C=O) groups is 2. The van der Waals surface area contributed by atoms with Crippen molar-refractivity contribution in [1.82, 2.24) is 14.5 Å². The molecular weight excluding hydrogens is 428 g/mol.